The molecule has 18 heavy (non-hydrogen) atoms. The number of ether oxygens (including phenoxy) is 1. The molecule has 5 heteroatoms. The van der Waals surface area contributed by atoms with E-state index in [1.165, 1.54) is 0 Å². The number of carbonyl (C=O) groups is 1. The van der Waals surface area contributed by atoms with Crippen LogP contribution in [0.5, 0.6) is 0 Å². The quantitative estimate of drug-likeness (QED) is 0.720. The van der Waals surface area contributed by atoms with E-state index in [-0.39, 0.29) is 23.5 Å². The van der Waals surface area contributed by atoms with E-state index in [0.29, 0.717) is 0 Å². The van der Waals surface area contributed by atoms with E-state index in [1.807, 2.05) is 13.8 Å². The van der Waals surface area contributed by atoms with Gasteiger partial charge in [-0.05, 0) is 20.3 Å². The van der Waals surface area contributed by atoms with Crippen LogP contribution in [0.4, 0.5) is 0 Å². The standard InChI is InChI=1S/C13H27N3O2/c1-10(2)15-11(12(14)17)5-6-16-7-8-18-9-13(16,3)4/h10-11,15H,5-9H2,1-4H3,(H2,14,17). The van der Waals surface area contributed by atoms with Crippen molar-refractivity contribution in [3.8, 4) is 0 Å². The van der Waals surface area contributed by atoms with Crippen LogP contribution in [0.25, 0.3) is 0 Å². The third kappa shape index (κ3) is 4.55. The van der Waals surface area contributed by atoms with Crippen molar-refractivity contribution in [3.63, 3.8) is 0 Å². The van der Waals surface area contributed by atoms with Gasteiger partial charge in [-0.25, -0.2) is 0 Å². The first kappa shape index (κ1) is 15.4. The summed E-state index contributed by atoms with van der Waals surface area (Å²) in [5, 5.41) is 3.21. The largest absolute Gasteiger partial charge is 0.378 e. The van der Waals surface area contributed by atoms with Crippen molar-refractivity contribution < 1.29 is 9.53 Å². The number of rotatable bonds is 6. The average molecular weight is 257 g/mol. The van der Waals surface area contributed by atoms with E-state index in [0.717, 1.165) is 32.7 Å². The highest BCUT2D eigenvalue weighted by molar-refractivity contribution is 5.79. The fraction of sp³-hybridized carbons (Fsp3) is 0.923. The average Bonchev–Trinajstić information content (AvgIpc) is 2.24. The molecule has 0 spiro atoms. The number of morpholine rings is 1. The van der Waals surface area contributed by atoms with E-state index < -0.39 is 0 Å². The Bertz CT molecular complexity index is 279. The Labute approximate surface area is 110 Å². The summed E-state index contributed by atoms with van der Waals surface area (Å²) < 4.78 is 5.48. The molecule has 0 radical (unpaired) electrons. The molecule has 1 atom stereocenters. The van der Waals surface area contributed by atoms with Crippen LogP contribution in [0, 0.1) is 0 Å². The SMILES string of the molecule is CC(C)NC(CCN1CCOCC1(C)C)C(N)=O. The highest BCUT2D eigenvalue weighted by Crippen LogP contribution is 2.19. The molecule has 106 valence electrons. The van der Waals surface area contributed by atoms with Gasteiger partial charge in [0.1, 0.15) is 0 Å². The van der Waals surface area contributed by atoms with Gasteiger partial charge in [0.2, 0.25) is 5.91 Å². The monoisotopic (exact) mass is 257 g/mol. The molecule has 1 amide bonds. The maximum Gasteiger partial charge on any atom is 0.234 e. The molecule has 1 aliphatic heterocycles. The lowest BCUT2D eigenvalue weighted by Crippen LogP contribution is -2.55. The van der Waals surface area contributed by atoms with Crippen molar-refractivity contribution in [3.05, 3.63) is 0 Å². The summed E-state index contributed by atoms with van der Waals surface area (Å²) in [4.78, 5) is 13.8. The Hall–Kier alpha value is -0.650. The zero-order chi connectivity index (χ0) is 13.8. The molecule has 0 saturated carbocycles. The lowest BCUT2D eigenvalue weighted by atomic mass is 10.0. The van der Waals surface area contributed by atoms with Gasteiger partial charge in [0, 0.05) is 24.7 Å². The first-order chi connectivity index (χ1) is 8.33. The molecule has 5 nitrogen and oxygen atoms in total. The third-order valence-electron chi connectivity index (χ3n) is 3.38. The van der Waals surface area contributed by atoms with Crippen LogP contribution in [0.3, 0.4) is 0 Å². The Morgan fingerprint density at radius 3 is 2.67 bits per heavy atom. The smallest absolute Gasteiger partial charge is 0.234 e. The van der Waals surface area contributed by atoms with Crippen molar-refractivity contribution in [2.45, 2.75) is 51.7 Å². The summed E-state index contributed by atoms with van der Waals surface area (Å²) in [7, 11) is 0. The van der Waals surface area contributed by atoms with Gasteiger partial charge >= 0.3 is 0 Å². The second-order valence-corrected chi connectivity index (χ2v) is 5.92. The molecule has 1 rings (SSSR count). The fourth-order valence-electron chi connectivity index (χ4n) is 2.30. The van der Waals surface area contributed by atoms with Crippen molar-refractivity contribution in [1.29, 1.82) is 0 Å². The van der Waals surface area contributed by atoms with Gasteiger partial charge < -0.3 is 15.8 Å². The Balaban J connectivity index is 2.48. The third-order valence-corrected chi connectivity index (χ3v) is 3.38. The molecular formula is C13H27N3O2. The number of hydrogen-bond acceptors (Lipinski definition) is 4. The van der Waals surface area contributed by atoms with E-state index in [9.17, 15) is 4.79 Å². The fourth-order valence-corrected chi connectivity index (χ4v) is 2.30. The molecule has 1 heterocycles. The Morgan fingerprint density at radius 1 is 1.50 bits per heavy atom. The van der Waals surface area contributed by atoms with Gasteiger partial charge in [-0.1, -0.05) is 13.8 Å². The number of carbonyl (C=O) groups excluding carboxylic acids is 1. The number of nitrogens with one attached hydrogen (secondary N) is 1. The second kappa shape index (κ2) is 6.50. The van der Waals surface area contributed by atoms with Gasteiger partial charge in [-0.15, -0.1) is 0 Å². The lowest BCUT2D eigenvalue weighted by Gasteiger charge is -2.42. The van der Waals surface area contributed by atoms with Crippen LogP contribution < -0.4 is 11.1 Å². The summed E-state index contributed by atoms with van der Waals surface area (Å²) in [6, 6.07) is 0.0174. The topological polar surface area (TPSA) is 67.6 Å². The molecule has 0 aromatic carbocycles. The molecule has 1 aliphatic rings. The molecule has 0 aromatic rings. The van der Waals surface area contributed by atoms with E-state index >= 15 is 0 Å². The van der Waals surface area contributed by atoms with Crippen molar-refractivity contribution >= 4 is 5.91 Å². The Kier molecular flexibility index (Phi) is 5.56. The Morgan fingerprint density at radius 2 is 2.17 bits per heavy atom. The predicted octanol–water partition coefficient (Wildman–Crippen LogP) is 0.339. The highest BCUT2D eigenvalue weighted by Gasteiger charge is 2.31. The minimum atomic E-state index is -0.269. The van der Waals surface area contributed by atoms with Crippen molar-refractivity contribution in [2.75, 3.05) is 26.3 Å². The predicted molar refractivity (Wildman–Crippen MR) is 72.3 cm³/mol. The molecule has 1 unspecified atom stereocenters. The summed E-state index contributed by atoms with van der Waals surface area (Å²) in [6.45, 7) is 11.7. The number of amides is 1. The molecule has 1 saturated heterocycles. The van der Waals surface area contributed by atoms with Gasteiger partial charge in [-0.2, -0.15) is 0 Å². The minimum Gasteiger partial charge on any atom is -0.378 e. The molecular weight excluding hydrogens is 230 g/mol. The number of primary amides is 1. The van der Waals surface area contributed by atoms with Crippen molar-refractivity contribution in [2.24, 2.45) is 5.73 Å². The lowest BCUT2D eigenvalue weighted by molar-refractivity contribution is -0.120. The maximum atomic E-state index is 11.4. The van der Waals surface area contributed by atoms with Gasteiger partial charge in [0.15, 0.2) is 0 Å². The summed E-state index contributed by atoms with van der Waals surface area (Å²) >= 11 is 0. The zero-order valence-electron chi connectivity index (χ0n) is 12.0. The van der Waals surface area contributed by atoms with E-state index in [1.54, 1.807) is 0 Å². The molecule has 0 aliphatic carbocycles. The number of nitrogens with zero attached hydrogens (tertiary/aromatic N) is 1. The van der Waals surface area contributed by atoms with Gasteiger partial charge in [0.25, 0.3) is 0 Å². The van der Waals surface area contributed by atoms with E-state index in [2.05, 4.69) is 24.1 Å². The van der Waals surface area contributed by atoms with Crippen LogP contribution in [0.15, 0.2) is 0 Å². The highest BCUT2D eigenvalue weighted by atomic mass is 16.5. The summed E-state index contributed by atoms with van der Waals surface area (Å²) in [5.41, 5.74) is 5.46. The van der Waals surface area contributed by atoms with Crippen LogP contribution >= 0.6 is 0 Å². The molecule has 3 N–H and O–H groups in total. The van der Waals surface area contributed by atoms with Crippen LogP contribution in [0.2, 0.25) is 0 Å². The normalized spacial score (nSPS) is 22.1. The minimum absolute atomic E-state index is 0.0400. The van der Waals surface area contributed by atoms with Crippen molar-refractivity contribution in [1.82, 2.24) is 10.2 Å². The first-order valence-electron chi connectivity index (χ1n) is 6.71. The summed E-state index contributed by atoms with van der Waals surface area (Å²) in [6.07, 6.45) is 0.747. The number of nitrogens with two attached hydrogens (primary N) is 1. The zero-order valence-corrected chi connectivity index (χ0v) is 12.0. The van der Waals surface area contributed by atoms with E-state index in [4.69, 9.17) is 10.5 Å². The summed E-state index contributed by atoms with van der Waals surface area (Å²) in [5.74, 6) is -0.269. The maximum absolute atomic E-state index is 11.4. The van der Waals surface area contributed by atoms with Gasteiger partial charge in [-0.3, -0.25) is 9.69 Å². The van der Waals surface area contributed by atoms with Gasteiger partial charge in [0.05, 0.1) is 19.3 Å². The van der Waals surface area contributed by atoms with Crippen LogP contribution in [-0.4, -0.2) is 54.7 Å². The van der Waals surface area contributed by atoms with Crippen LogP contribution in [-0.2, 0) is 9.53 Å². The molecule has 0 bridgehead atoms. The number of hydrogen-bond donors (Lipinski definition) is 2. The second-order valence-electron chi connectivity index (χ2n) is 5.92. The molecule has 1 fully saturated rings. The first-order valence-corrected chi connectivity index (χ1v) is 6.71. The molecule has 0 aromatic heterocycles. The van der Waals surface area contributed by atoms with Crippen LogP contribution in [0.1, 0.15) is 34.1 Å².